The van der Waals surface area contributed by atoms with E-state index in [0.717, 1.165) is 12.0 Å². The number of hydrogen-bond donors (Lipinski definition) is 1. The summed E-state index contributed by atoms with van der Waals surface area (Å²) in [6, 6.07) is 21.0. The first kappa shape index (κ1) is 25.9. The number of carbonyl (C=O) groups is 1. The van der Waals surface area contributed by atoms with E-state index >= 15 is 0 Å². The number of nitrogens with one attached hydrogen (secondary N) is 1. The topological polar surface area (TPSA) is 87.5 Å². The van der Waals surface area contributed by atoms with Crippen molar-refractivity contribution in [2.45, 2.75) is 39.0 Å². The first-order valence-electron chi connectivity index (χ1n) is 12.2. The molecule has 8 nitrogen and oxygen atoms in total. The Bertz CT molecular complexity index is 1280. The molecule has 0 bridgehead atoms. The average molecular weight is 501 g/mol. The predicted octanol–water partition coefficient (Wildman–Crippen LogP) is 5.00. The van der Waals surface area contributed by atoms with Crippen molar-refractivity contribution in [3.05, 3.63) is 102 Å². The second kappa shape index (κ2) is 12.7. The van der Waals surface area contributed by atoms with E-state index in [9.17, 15) is 4.79 Å². The van der Waals surface area contributed by atoms with Crippen LogP contribution in [-0.2, 0) is 17.7 Å². The number of nitrogens with zero attached hydrogens (tertiary/aromatic N) is 3. The molecule has 1 N–H and O–H groups in total. The molecule has 0 saturated heterocycles. The number of carbonyl (C=O) groups excluding carboxylic acids is 1. The first-order chi connectivity index (χ1) is 18.0. The van der Waals surface area contributed by atoms with Crippen molar-refractivity contribution >= 4 is 11.7 Å². The summed E-state index contributed by atoms with van der Waals surface area (Å²) in [7, 11) is 1.62. The van der Waals surface area contributed by atoms with E-state index in [1.807, 2.05) is 50.4 Å². The molecule has 4 rings (SSSR count). The van der Waals surface area contributed by atoms with E-state index in [1.54, 1.807) is 48.5 Å². The van der Waals surface area contributed by atoms with Crippen LogP contribution in [0, 0.1) is 0 Å². The maximum absolute atomic E-state index is 13.2. The van der Waals surface area contributed by atoms with Crippen molar-refractivity contribution in [1.29, 1.82) is 0 Å². The molecule has 0 fully saturated rings. The van der Waals surface area contributed by atoms with Gasteiger partial charge in [-0.15, -0.1) is 0 Å². The standard InChI is InChI=1S/C29H32N4O4/c1-21(14-23-8-5-4-6-9-23)36-26-15-25(16-27(17-26)37-22(2)20-35-3)29(34)31-28-11-13-33(32-28)19-24-10-7-12-30-18-24/h4-13,15-18,21-22H,14,19-20H2,1-3H3,(H,31,32,34)/t21-,22-/m0/s1. The van der Waals surface area contributed by atoms with Gasteiger partial charge in [0.25, 0.3) is 5.91 Å². The van der Waals surface area contributed by atoms with Gasteiger partial charge in [-0.2, -0.15) is 5.10 Å². The molecule has 0 spiro atoms. The molecule has 0 unspecified atom stereocenters. The van der Waals surface area contributed by atoms with Crippen molar-refractivity contribution in [1.82, 2.24) is 14.8 Å². The number of ether oxygens (including phenoxy) is 3. The van der Waals surface area contributed by atoms with Gasteiger partial charge in [0.2, 0.25) is 0 Å². The molecule has 1 amide bonds. The third-order valence-electron chi connectivity index (χ3n) is 5.53. The summed E-state index contributed by atoms with van der Waals surface area (Å²) in [5.41, 5.74) is 2.60. The van der Waals surface area contributed by atoms with Crippen molar-refractivity contribution in [3.63, 3.8) is 0 Å². The fourth-order valence-corrected chi connectivity index (χ4v) is 3.94. The Morgan fingerprint density at radius 1 is 0.946 bits per heavy atom. The molecule has 192 valence electrons. The summed E-state index contributed by atoms with van der Waals surface area (Å²) < 4.78 is 19.1. The van der Waals surface area contributed by atoms with E-state index in [4.69, 9.17) is 14.2 Å². The van der Waals surface area contributed by atoms with Gasteiger partial charge >= 0.3 is 0 Å². The van der Waals surface area contributed by atoms with E-state index < -0.39 is 0 Å². The molecule has 2 aromatic heterocycles. The number of hydrogen-bond acceptors (Lipinski definition) is 6. The summed E-state index contributed by atoms with van der Waals surface area (Å²) in [6.07, 6.45) is 5.77. The Morgan fingerprint density at radius 3 is 2.38 bits per heavy atom. The van der Waals surface area contributed by atoms with Crippen LogP contribution < -0.4 is 14.8 Å². The van der Waals surface area contributed by atoms with Gasteiger partial charge < -0.3 is 19.5 Å². The van der Waals surface area contributed by atoms with Gasteiger partial charge in [-0.1, -0.05) is 36.4 Å². The van der Waals surface area contributed by atoms with Crippen LogP contribution in [0.3, 0.4) is 0 Å². The smallest absolute Gasteiger partial charge is 0.257 e. The lowest BCUT2D eigenvalue weighted by atomic mass is 10.1. The van der Waals surface area contributed by atoms with Gasteiger partial charge in [-0.05, 0) is 43.2 Å². The third-order valence-corrected chi connectivity index (χ3v) is 5.53. The summed E-state index contributed by atoms with van der Waals surface area (Å²) >= 11 is 0. The predicted molar refractivity (Wildman–Crippen MR) is 142 cm³/mol. The Balaban J connectivity index is 1.48. The summed E-state index contributed by atoms with van der Waals surface area (Å²) in [5.74, 6) is 1.23. The molecular formula is C29H32N4O4. The fraction of sp³-hybridized carbons (Fsp3) is 0.276. The molecule has 37 heavy (non-hydrogen) atoms. The lowest BCUT2D eigenvalue weighted by Gasteiger charge is -2.19. The maximum atomic E-state index is 13.2. The van der Waals surface area contributed by atoms with Crippen LogP contribution in [0.2, 0.25) is 0 Å². The van der Waals surface area contributed by atoms with E-state index in [-0.39, 0.29) is 18.1 Å². The average Bonchev–Trinajstić information content (AvgIpc) is 3.31. The SMILES string of the molecule is COC[C@H](C)Oc1cc(O[C@@H](C)Cc2ccccc2)cc(C(=O)Nc2ccn(Cc3cccnc3)n2)c1. The van der Waals surface area contributed by atoms with Crippen LogP contribution in [-0.4, -0.2) is 46.6 Å². The Labute approximate surface area is 217 Å². The molecule has 2 aromatic carbocycles. The zero-order valence-electron chi connectivity index (χ0n) is 21.3. The lowest BCUT2D eigenvalue weighted by molar-refractivity contribution is 0.0913. The van der Waals surface area contributed by atoms with Crippen LogP contribution >= 0.6 is 0 Å². The molecular weight excluding hydrogens is 468 g/mol. The fourth-order valence-electron chi connectivity index (χ4n) is 3.94. The highest BCUT2D eigenvalue weighted by Gasteiger charge is 2.15. The maximum Gasteiger partial charge on any atom is 0.257 e. The highest BCUT2D eigenvalue weighted by atomic mass is 16.5. The Hall–Kier alpha value is -4.17. The second-order valence-corrected chi connectivity index (χ2v) is 8.91. The molecule has 0 aliphatic heterocycles. The lowest BCUT2D eigenvalue weighted by Crippen LogP contribution is -2.20. The minimum atomic E-state index is -0.308. The van der Waals surface area contributed by atoms with Crippen molar-refractivity contribution in [2.24, 2.45) is 0 Å². The van der Waals surface area contributed by atoms with Gasteiger partial charge in [0.15, 0.2) is 5.82 Å². The van der Waals surface area contributed by atoms with Crippen molar-refractivity contribution in [2.75, 3.05) is 19.0 Å². The zero-order chi connectivity index (χ0) is 26.0. The van der Waals surface area contributed by atoms with Crippen LogP contribution in [0.4, 0.5) is 5.82 Å². The van der Waals surface area contributed by atoms with Crippen LogP contribution in [0.1, 0.15) is 35.3 Å². The van der Waals surface area contributed by atoms with Crippen molar-refractivity contribution in [3.8, 4) is 11.5 Å². The summed E-state index contributed by atoms with van der Waals surface area (Å²) in [5, 5.41) is 7.33. The molecule has 0 radical (unpaired) electrons. The van der Waals surface area contributed by atoms with Gasteiger partial charge in [0.05, 0.1) is 19.3 Å². The molecule has 0 aliphatic rings. The quantitative estimate of drug-likeness (QED) is 0.295. The summed E-state index contributed by atoms with van der Waals surface area (Å²) in [6.45, 7) is 4.89. The molecule has 2 atom stereocenters. The minimum absolute atomic E-state index is 0.104. The highest BCUT2D eigenvalue weighted by Crippen LogP contribution is 2.26. The number of amides is 1. The van der Waals surface area contributed by atoms with Gasteiger partial charge in [0, 0.05) is 49.8 Å². The van der Waals surface area contributed by atoms with Gasteiger partial charge in [-0.25, -0.2) is 0 Å². The minimum Gasteiger partial charge on any atom is -0.490 e. The second-order valence-electron chi connectivity index (χ2n) is 8.91. The van der Waals surface area contributed by atoms with Crippen LogP contribution in [0.5, 0.6) is 11.5 Å². The monoisotopic (exact) mass is 500 g/mol. The van der Waals surface area contributed by atoms with E-state index in [0.29, 0.717) is 36.0 Å². The number of aromatic nitrogens is 3. The van der Waals surface area contributed by atoms with Crippen LogP contribution in [0.15, 0.2) is 85.3 Å². The molecule has 8 heteroatoms. The van der Waals surface area contributed by atoms with Gasteiger partial charge in [0.1, 0.15) is 17.6 Å². The number of benzene rings is 2. The first-order valence-corrected chi connectivity index (χ1v) is 12.2. The molecule has 4 aromatic rings. The number of rotatable bonds is 12. The Morgan fingerprint density at radius 2 is 1.68 bits per heavy atom. The number of anilines is 1. The normalized spacial score (nSPS) is 12.5. The van der Waals surface area contributed by atoms with E-state index in [1.165, 1.54) is 5.56 Å². The number of pyridine rings is 1. The van der Waals surface area contributed by atoms with Gasteiger partial charge in [-0.3, -0.25) is 14.5 Å². The third kappa shape index (κ3) is 7.91. The molecule has 0 saturated carbocycles. The highest BCUT2D eigenvalue weighted by molar-refractivity contribution is 6.04. The Kier molecular flexibility index (Phi) is 8.89. The zero-order valence-corrected chi connectivity index (χ0v) is 21.3. The molecule has 0 aliphatic carbocycles. The van der Waals surface area contributed by atoms with Crippen molar-refractivity contribution < 1.29 is 19.0 Å². The largest absolute Gasteiger partial charge is 0.490 e. The number of methoxy groups -OCH3 is 1. The van der Waals surface area contributed by atoms with Crippen LogP contribution in [0.25, 0.3) is 0 Å². The van der Waals surface area contributed by atoms with E-state index in [2.05, 4.69) is 27.5 Å². The molecule has 2 heterocycles. The summed E-state index contributed by atoms with van der Waals surface area (Å²) in [4.78, 5) is 17.3.